The maximum atomic E-state index is 12.2. The molecule has 1 aliphatic carbocycles. The molecule has 5 heteroatoms. The first kappa shape index (κ1) is 19.4. The third-order valence-corrected chi connectivity index (χ3v) is 7.48. The van der Waals surface area contributed by atoms with E-state index in [0.717, 1.165) is 37.6 Å². The van der Waals surface area contributed by atoms with E-state index in [4.69, 9.17) is 4.74 Å². The molecule has 0 N–H and O–H groups in total. The maximum Gasteiger partial charge on any atom is 0.410 e. The van der Waals surface area contributed by atoms with Crippen molar-refractivity contribution in [2.75, 3.05) is 32.7 Å². The van der Waals surface area contributed by atoms with E-state index in [1.54, 1.807) is 0 Å². The van der Waals surface area contributed by atoms with E-state index in [0.29, 0.717) is 5.41 Å². The Morgan fingerprint density at radius 3 is 2.55 bits per heavy atom. The summed E-state index contributed by atoms with van der Waals surface area (Å²) >= 11 is 0. The van der Waals surface area contributed by atoms with Gasteiger partial charge < -0.3 is 9.64 Å². The van der Waals surface area contributed by atoms with Gasteiger partial charge in [0.1, 0.15) is 5.60 Å². The first-order valence-electron chi connectivity index (χ1n) is 11.3. The zero-order chi connectivity index (χ0) is 20.2. The van der Waals surface area contributed by atoms with E-state index in [1.807, 2.05) is 25.7 Å². The Bertz CT molecular complexity index is 745. The molecule has 4 fully saturated rings. The largest absolute Gasteiger partial charge is 0.444 e. The van der Waals surface area contributed by atoms with Crippen LogP contribution in [0.25, 0.3) is 0 Å². The molecule has 1 spiro atoms. The molecule has 3 saturated heterocycles. The van der Waals surface area contributed by atoms with Gasteiger partial charge in [-0.25, -0.2) is 4.79 Å². The smallest absolute Gasteiger partial charge is 0.410 e. The maximum absolute atomic E-state index is 12.2. The number of ether oxygens (including phenoxy) is 1. The van der Waals surface area contributed by atoms with E-state index >= 15 is 0 Å². The zero-order valence-corrected chi connectivity index (χ0v) is 18.1. The summed E-state index contributed by atoms with van der Waals surface area (Å²) in [7, 11) is 0. The number of rotatable bonds is 3. The lowest BCUT2D eigenvalue weighted by molar-refractivity contribution is -0.105. The highest BCUT2D eigenvalue weighted by Crippen LogP contribution is 2.52. The highest BCUT2D eigenvalue weighted by Gasteiger charge is 2.57. The molecule has 5 nitrogen and oxygen atoms in total. The normalized spacial score (nSPS) is 29.6. The van der Waals surface area contributed by atoms with Gasteiger partial charge in [0.2, 0.25) is 0 Å². The second-order valence-electron chi connectivity index (χ2n) is 10.9. The van der Waals surface area contributed by atoms with Crippen molar-refractivity contribution in [2.45, 2.75) is 64.3 Å². The molecule has 29 heavy (non-hydrogen) atoms. The Kier molecular flexibility index (Phi) is 4.67. The lowest BCUT2D eigenvalue weighted by Gasteiger charge is -2.60. The lowest BCUT2D eigenvalue weighted by atomic mass is 9.60. The SMILES string of the molecule is CC(C)(C)OC(=O)N1CC2(CC(N3CC4CCN(Cc5ccccc5)C4C3)C2)C1. The molecule has 3 aliphatic heterocycles. The fourth-order valence-electron chi connectivity index (χ4n) is 6.07. The predicted octanol–water partition coefficient (Wildman–Crippen LogP) is 3.59. The van der Waals surface area contributed by atoms with Crippen LogP contribution in [0, 0.1) is 11.3 Å². The van der Waals surface area contributed by atoms with Gasteiger partial charge in [-0.3, -0.25) is 9.80 Å². The quantitative estimate of drug-likeness (QED) is 0.781. The van der Waals surface area contributed by atoms with Crippen molar-refractivity contribution in [2.24, 2.45) is 11.3 Å². The molecule has 2 atom stereocenters. The number of amides is 1. The molecule has 5 rings (SSSR count). The first-order chi connectivity index (χ1) is 13.8. The van der Waals surface area contributed by atoms with Crippen LogP contribution in [0.2, 0.25) is 0 Å². The minimum atomic E-state index is -0.402. The predicted molar refractivity (Wildman–Crippen MR) is 114 cm³/mol. The molecule has 1 saturated carbocycles. The lowest BCUT2D eigenvalue weighted by Crippen LogP contribution is -2.67. The number of hydrogen-bond acceptors (Lipinski definition) is 4. The van der Waals surface area contributed by atoms with E-state index in [2.05, 4.69) is 40.1 Å². The van der Waals surface area contributed by atoms with Crippen LogP contribution in [-0.4, -0.2) is 71.2 Å². The Morgan fingerprint density at radius 1 is 1.14 bits per heavy atom. The number of nitrogens with zero attached hydrogens (tertiary/aromatic N) is 3. The van der Waals surface area contributed by atoms with Gasteiger partial charge in [-0.1, -0.05) is 30.3 Å². The van der Waals surface area contributed by atoms with Crippen LogP contribution in [0.15, 0.2) is 30.3 Å². The number of benzene rings is 1. The Balaban J connectivity index is 1.10. The number of carbonyl (C=O) groups is 1. The van der Waals surface area contributed by atoms with Crippen molar-refractivity contribution >= 4 is 6.09 Å². The molecule has 1 aromatic rings. The third-order valence-electron chi connectivity index (χ3n) is 7.48. The monoisotopic (exact) mass is 397 g/mol. The van der Waals surface area contributed by atoms with Crippen LogP contribution in [0.5, 0.6) is 0 Å². The van der Waals surface area contributed by atoms with Crippen molar-refractivity contribution < 1.29 is 9.53 Å². The summed E-state index contributed by atoms with van der Waals surface area (Å²) in [5, 5.41) is 0. The van der Waals surface area contributed by atoms with E-state index in [-0.39, 0.29) is 6.09 Å². The van der Waals surface area contributed by atoms with Crippen molar-refractivity contribution in [1.29, 1.82) is 0 Å². The summed E-state index contributed by atoms with van der Waals surface area (Å²) < 4.78 is 5.51. The van der Waals surface area contributed by atoms with Crippen LogP contribution in [0.1, 0.15) is 45.6 Å². The molecule has 3 heterocycles. The molecule has 0 aromatic heterocycles. The highest BCUT2D eigenvalue weighted by atomic mass is 16.6. The Labute approximate surface area is 175 Å². The fourth-order valence-corrected chi connectivity index (χ4v) is 6.07. The van der Waals surface area contributed by atoms with Gasteiger partial charge in [-0.05, 0) is 58.1 Å². The average molecular weight is 398 g/mol. The zero-order valence-electron chi connectivity index (χ0n) is 18.1. The Morgan fingerprint density at radius 2 is 1.86 bits per heavy atom. The summed E-state index contributed by atoms with van der Waals surface area (Å²) in [6.45, 7) is 12.4. The van der Waals surface area contributed by atoms with Crippen molar-refractivity contribution in [3.05, 3.63) is 35.9 Å². The summed E-state index contributed by atoms with van der Waals surface area (Å²) in [6, 6.07) is 12.4. The minimum absolute atomic E-state index is 0.140. The van der Waals surface area contributed by atoms with E-state index < -0.39 is 5.60 Å². The number of fused-ring (bicyclic) bond motifs is 1. The highest BCUT2D eigenvalue weighted by molar-refractivity contribution is 5.69. The molecule has 158 valence electrons. The average Bonchev–Trinajstić information content (AvgIpc) is 3.14. The van der Waals surface area contributed by atoms with Gasteiger partial charge in [-0.15, -0.1) is 0 Å². The molecule has 0 bridgehead atoms. The van der Waals surface area contributed by atoms with Crippen molar-refractivity contribution in [1.82, 2.24) is 14.7 Å². The van der Waals surface area contributed by atoms with Crippen LogP contribution in [-0.2, 0) is 11.3 Å². The van der Waals surface area contributed by atoms with Gasteiger partial charge >= 0.3 is 6.09 Å². The van der Waals surface area contributed by atoms with E-state index in [1.165, 1.54) is 44.5 Å². The van der Waals surface area contributed by atoms with Gasteiger partial charge in [0.05, 0.1) is 0 Å². The number of likely N-dealkylation sites (tertiary alicyclic amines) is 3. The van der Waals surface area contributed by atoms with Crippen LogP contribution in [0.4, 0.5) is 4.79 Å². The van der Waals surface area contributed by atoms with E-state index in [9.17, 15) is 4.79 Å². The first-order valence-corrected chi connectivity index (χ1v) is 11.3. The van der Waals surface area contributed by atoms with Crippen LogP contribution >= 0.6 is 0 Å². The minimum Gasteiger partial charge on any atom is -0.444 e. The molecule has 2 unspecified atom stereocenters. The third kappa shape index (κ3) is 3.79. The second kappa shape index (κ2) is 6.98. The van der Waals surface area contributed by atoms with Gasteiger partial charge in [0.15, 0.2) is 0 Å². The topological polar surface area (TPSA) is 36.0 Å². The molecule has 0 radical (unpaired) electrons. The molecule has 1 amide bonds. The molecule has 4 aliphatic rings. The van der Waals surface area contributed by atoms with Gasteiger partial charge in [-0.2, -0.15) is 0 Å². The number of hydrogen-bond donors (Lipinski definition) is 0. The van der Waals surface area contributed by atoms with Gasteiger partial charge in [0.25, 0.3) is 0 Å². The van der Waals surface area contributed by atoms with Crippen LogP contribution < -0.4 is 0 Å². The van der Waals surface area contributed by atoms with Gasteiger partial charge in [0, 0.05) is 50.2 Å². The van der Waals surface area contributed by atoms with Crippen molar-refractivity contribution in [3.8, 4) is 0 Å². The second-order valence-corrected chi connectivity index (χ2v) is 10.9. The van der Waals surface area contributed by atoms with Crippen LogP contribution in [0.3, 0.4) is 0 Å². The summed E-state index contributed by atoms with van der Waals surface area (Å²) in [6.07, 6.45) is 3.71. The fraction of sp³-hybridized carbons (Fsp3) is 0.708. The summed E-state index contributed by atoms with van der Waals surface area (Å²) in [5.74, 6) is 0.843. The Hall–Kier alpha value is -1.59. The number of carbonyl (C=O) groups excluding carboxylic acids is 1. The molecular formula is C24H35N3O2. The molecule has 1 aromatic carbocycles. The summed E-state index contributed by atoms with van der Waals surface area (Å²) in [4.78, 5) is 19.6. The van der Waals surface area contributed by atoms with Crippen molar-refractivity contribution in [3.63, 3.8) is 0 Å². The summed E-state index contributed by atoms with van der Waals surface area (Å²) in [5.41, 5.74) is 1.41. The standard InChI is InChI=1S/C24H35N3O2/c1-23(2,3)29-22(28)27-16-24(17-27)11-20(12-24)26-14-19-9-10-25(21(19)15-26)13-18-7-5-4-6-8-18/h4-8,19-21H,9-17H2,1-3H3. The molecular weight excluding hydrogens is 362 g/mol.